The predicted octanol–water partition coefficient (Wildman–Crippen LogP) is 5.58. The molecule has 0 bridgehead atoms. The first-order valence-corrected chi connectivity index (χ1v) is 11.3. The van der Waals surface area contributed by atoms with Crippen LogP contribution in [-0.4, -0.2) is 20.9 Å². The second kappa shape index (κ2) is 9.55. The molecule has 10 heteroatoms. The Bertz CT molecular complexity index is 1240. The Morgan fingerprint density at radius 1 is 1.03 bits per heavy atom. The smallest absolute Gasteiger partial charge is 0.262 e. The van der Waals surface area contributed by atoms with E-state index in [1.807, 2.05) is 0 Å². The van der Waals surface area contributed by atoms with Gasteiger partial charge in [-0.15, -0.1) is 0 Å². The van der Waals surface area contributed by atoms with Crippen molar-refractivity contribution < 1.29 is 22.3 Å². The highest BCUT2D eigenvalue weighted by molar-refractivity contribution is 7.92. The molecule has 31 heavy (non-hydrogen) atoms. The molecule has 6 nitrogen and oxygen atoms in total. The van der Waals surface area contributed by atoms with Crippen LogP contribution in [-0.2, 0) is 10.0 Å². The fourth-order valence-electron chi connectivity index (χ4n) is 2.66. The summed E-state index contributed by atoms with van der Waals surface area (Å²) in [7, 11) is -4.10. The fraction of sp³-hybridized carbons (Fsp3) is 0.0952. The molecule has 3 rings (SSSR count). The van der Waals surface area contributed by atoms with Gasteiger partial charge in [0, 0.05) is 5.02 Å². The Hall–Kier alpha value is -2.81. The molecule has 3 aromatic rings. The first-order chi connectivity index (χ1) is 14.7. The van der Waals surface area contributed by atoms with Gasteiger partial charge in [-0.3, -0.25) is 9.52 Å². The largest absolute Gasteiger partial charge is 0.492 e. The standard InChI is InChI=1S/C21H17Cl2FN2O4S/c1-2-30-20-6-4-3-5-19(20)26-31(28,29)14-8-10-18(17(24)12-14)25-21(27)15-9-7-13(22)11-16(15)23/h3-12,26H,2H2,1H3,(H,25,27). The van der Waals surface area contributed by atoms with Crippen LogP contribution >= 0.6 is 23.2 Å². The summed E-state index contributed by atoms with van der Waals surface area (Å²) < 4.78 is 47.7. The summed E-state index contributed by atoms with van der Waals surface area (Å²) in [5.74, 6) is -1.25. The maximum atomic E-state index is 14.6. The number of hydrogen-bond donors (Lipinski definition) is 2. The molecule has 2 N–H and O–H groups in total. The average molecular weight is 483 g/mol. The van der Waals surface area contributed by atoms with E-state index in [9.17, 15) is 17.6 Å². The van der Waals surface area contributed by atoms with Gasteiger partial charge in [-0.05, 0) is 55.5 Å². The molecular formula is C21H17Cl2FN2O4S. The lowest BCUT2D eigenvalue weighted by atomic mass is 10.2. The highest BCUT2D eigenvalue weighted by Gasteiger charge is 2.20. The van der Waals surface area contributed by atoms with Crippen molar-refractivity contribution in [2.75, 3.05) is 16.6 Å². The third-order valence-electron chi connectivity index (χ3n) is 4.11. The molecule has 0 aliphatic rings. The van der Waals surface area contributed by atoms with Gasteiger partial charge >= 0.3 is 0 Å². The molecule has 0 aliphatic heterocycles. The van der Waals surface area contributed by atoms with E-state index >= 15 is 0 Å². The predicted molar refractivity (Wildman–Crippen MR) is 119 cm³/mol. The van der Waals surface area contributed by atoms with E-state index in [4.69, 9.17) is 27.9 Å². The molecule has 0 aliphatic carbocycles. The average Bonchev–Trinajstić information content (AvgIpc) is 2.70. The van der Waals surface area contributed by atoms with Crippen molar-refractivity contribution in [1.29, 1.82) is 0 Å². The maximum absolute atomic E-state index is 14.6. The minimum absolute atomic E-state index is 0.0939. The summed E-state index contributed by atoms with van der Waals surface area (Å²) in [6.45, 7) is 2.12. The van der Waals surface area contributed by atoms with E-state index in [0.29, 0.717) is 17.4 Å². The monoisotopic (exact) mass is 482 g/mol. The lowest BCUT2D eigenvalue weighted by molar-refractivity contribution is 0.102. The summed E-state index contributed by atoms with van der Waals surface area (Å²) in [6, 6.07) is 13.9. The molecule has 0 radical (unpaired) electrons. The highest BCUT2D eigenvalue weighted by atomic mass is 35.5. The Labute approximate surface area is 189 Å². The van der Waals surface area contributed by atoms with Crippen LogP contribution in [0, 0.1) is 5.82 Å². The number of amides is 1. The zero-order valence-electron chi connectivity index (χ0n) is 16.2. The van der Waals surface area contributed by atoms with Crippen LogP contribution in [0.15, 0.2) is 65.6 Å². The van der Waals surface area contributed by atoms with Crippen LogP contribution < -0.4 is 14.8 Å². The number of benzene rings is 3. The first-order valence-electron chi connectivity index (χ1n) is 9.02. The van der Waals surface area contributed by atoms with E-state index in [0.717, 1.165) is 12.1 Å². The number of ether oxygens (including phenoxy) is 1. The number of rotatable bonds is 7. The van der Waals surface area contributed by atoms with Crippen molar-refractivity contribution in [3.8, 4) is 5.75 Å². The highest BCUT2D eigenvalue weighted by Crippen LogP contribution is 2.28. The van der Waals surface area contributed by atoms with Crippen LogP contribution in [0.2, 0.25) is 10.0 Å². The summed E-state index contributed by atoms with van der Waals surface area (Å²) in [5.41, 5.74) is 0.112. The van der Waals surface area contributed by atoms with E-state index < -0.39 is 21.7 Å². The Morgan fingerprint density at radius 3 is 2.45 bits per heavy atom. The Balaban J connectivity index is 1.82. The SMILES string of the molecule is CCOc1ccccc1NS(=O)(=O)c1ccc(NC(=O)c2ccc(Cl)cc2Cl)c(F)c1. The topological polar surface area (TPSA) is 84.5 Å². The number of para-hydroxylation sites is 2. The summed E-state index contributed by atoms with van der Waals surface area (Å²) in [5, 5.41) is 2.81. The summed E-state index contributed by atoms with van der Waals surface area (Å²) in [4.78, 5) is 12.1. The van der Waals surface area contributed by atoms with Crippen molar-refractivity contribution >= 4 is 50.5 Å². The zero-order chi connectivity index (χ0) is 22.6. The first kappa shape index (κ1) is 22.9. The quantitative estimate of drug-likeness (QED) is 0.459. The van der Waals surface area contributed by atoms with Gasteiger partial charge in [-0.2, -0.15) is 0 Å². The van der Waals surface area contributed by atoms with Gasteiger partial charge in [-0.25, -0.2) is 12.8 Å². The number of sulfonamides is 1. The molecule has 0 spiro atoms. The molecule has 0 saturated heterocycles. The van der Waals surface area contributed by atoms with Gasteiger partial charge in [0.15, 0.2) is 0 Å². The van der Waals surface area contributed by atoms with Crippen molar-refractivity contribution in [3.63, 3.8) is 0 Å². The molecule has 0 heterocycles. The molecule has 3 aromatic carbocycles. The Kier molecular flexibility index (Phi) is 7.04. The van der Waals surface area contributed by atoms with Crippen LogP contribution in [0.3, 0.4) is 0 Å². The van der Waals surface area contributed by atoms with Crippen molar-refractivity contribution in [2.45, 2.75) is 11.8 Å². The lowest BCUT2D eigenvalue weighted by Crippen LogP contribution is -2.16. The normalized spacial score (nSPS) is 11.1. The van der Waals surface area contributed by atoms with E-state index in [1.54, 1.807) is 25.1 Å². The Morgan fingerprint density at radius 2 is 1.77 bits per heavy atom. The van der Waals surface area contributed by atoms with Gasteiger partial charge in [0.2, 0.25) is 0 Å². The third-order valence-corrected chi connectivity index (χ3v) is 6.02. The zero-order valence-corrected chi connectivity index (χ0v) is 18.5. The van der Waals surface area contributed by atoms with Gasteiger partial charge in [0.25, 0.3) is 15.9 Å². The minimum Gasteiger partial charge on any atom is -0.492 e. The molecule has 162 valence electrons. The molecule has 0 unspecified atom stereocenters. The molecule has 1 amide bonds. The van der Waals surface area contributed by atoms with Gasteiger partial charge in [0.1, 0.15) is 11.6 Å². The molecule has 0 saturated carbocycles. The number of anilines is 2. The van der Waals surface area contributed by atoms with E-state index in [2.05, 4.69) is 10.0 Å². The lowest BCUT2D eigenvalue weighted by Gasteiger charge is -2.13. The summed E-state index contributed by atoms with van der Waals surface area (Å²) >= 11 is 11.8. The second-order valence-corrected chi connectivity index (χ2v) is 8.78. The van der Waals surface area contributed by atoms with E-state index in [-0.39, 0.29) is 26.9 Å². The van der Waals surface area contributed by atoms with Crippen LogP contribution in [0.1, 0.15) is 17.3 Å². The van der Waals surface area contributed by atoms with Crippen LogP contribution in [0.5, 0.6) is 5.75 Å². The van der Waals surface area contributed by atoms with Crippen LogP contribution in [0.25, 0.3) is 0 Å². The molecule has 0 atom stereocenters. The second-order valence-electron chi connectivity index (χ2n) is 6.25. The van der Waals surface area contributed by atoms with Gasteiger partial charge < -0.3 is 10.1 Å². The number of carbonyl (C=O) groups excluding carboxylic acids is 1. The van der Waals surface area contributed by atoms with Crippen molar-refractivity contribution in [3.05, 3.63) is 82.1 Å². The number of hydrogen-bond acceptors (Lipinski definition) is 4. The third kappa shape index (κ3) is 5.46. The number of halogens is 3. The number of carbonyl (C=O) groups is 1. The van der Waals surface area contributed by atoms with Crippen molar-refractivity contribution in [2.24, 2.45) is 0 Å². The molecule has 0 aromatic heterocycles. The maximum Gasteiger partial charge on any atom is 0.262 e. The van der Waals surface area contributed by atoms with Crippen LogP contribution in [0.4, 0.5) is 15.8 Å². The summed E-state index contributed by atoms with van der Waals surface area (Å²) in [6.07, 6.45) is 0. The minimum atomic E-state index is -4.10. The van der Waals surface area contributed by atoms with E-state index in [1.165, 1.54) is 30.3 Å². The molecular weight excluding hydrogens is 466 g/mol. The molecule has 0 fully saturated rings. The number of nitrogens with one attached hydrogen (secondary N) is 2. The van der Waals surface area contributed by atoms with Gasteiger partial charge in [0.05, 0.1) is 33.5 Å². The van der Waals surface area contributed by atoms with Gasteiger partial charge in [-0.1, -0.05) is 35.3 Å². The fourth-order valence-corrected chi connectivity index (χ4v) is 4.24. The van der Waals surface area contributed by atoms with Crippen molar-refractivity contribution in [1.82, 2.24) is 0 Å².